The Morgan fingerprint density at radius 1 is 1.58 bits per heavy atom. The number of rotatable bonds is 3. The summed E-state index contributed by atoms with van der Waals surface area (Å²) in [5, 5.41) is 3.62. The number of para-hydroxylation sites is 1. The van der Waals surface area contributed by atoms with Crippen LogP contribution in [0.25, 0.3) is 0 Å². The smallest absolute Gasteiger partial charge is 0.152 e. The van der Waals surface area contributed by atoms with Crippen LogP contribution < -0.4 is 5.32 Å². The van der Waals surface area contributed by atoms with Crippen LogP contribution in [0, 0.1) is 0 Å². The zero-order valence-corrected chi connectivity index (χ0v) is 7.56. The highest BCUT2D eigenvalue weighted by molar-refractivity contribution is 6.33. The lowest BCUT2D eigenvalue weighted by Gasteiger charge is -2.07. The lowest BCUT2D eigenvalue weighted by Crippen LogP contribution is -2.00. The van der Waals surface area contributed by atoms with E-state index in [0.717, 1.165) is 18.5 Å². The summed E-state index contributed by atoms with van der Waals surface area (Å²) in [7, 11) is 0. The van der Waals surface area contributed by atoms with Crippen molar-refractivity contribution in [3.8, 4) is 0 Å². The van der Waals surface area contributed by atoms with Crippen molar-refractivity contribution in [2.75, 3.05) is 11.9 Å². The minimum absolute atomic E-state index is 0.585. The van der Waals surface area contributed by atoms with Crippen LogP contribution in [0.15, 0.2) is 18.2 Å². The molecule has 0 unspecified atom stereocenters. The number of halogens is 1. The third kappa shape index (κ3) is 1.77. The zero-order valence-electron chi connectivity index (χ0n) is 6.80. The van der Waals surface area contributed by atoms with E-state index in [9.17, 15) is 4.79 Å². The molecule has 1 rings (SSSR count). The van der Waals surface area contributed by atoms with E-state index in [2.05, 4.69) is 5.32 Å². The second kappa shape index (κ2) is 4.12. The first-order valence-corrected chi connectivity index (χ1v) is 4.15. The molecule has 64 valence electrons. The summed E-state index contributed by atoms with van der Waals surface area (Å²) >= 11 is 5.87. The number of anilines is 1. The SMILES string of the molecule is CCNc1c(Cl)cccc1C=O. The number of benzene rings is 1. The van der Waals surface area contributed by atoms with Crippen molar-refractivity contribution in [3.05, 3.63) is 28.8 Å². The minimum atomic E-state index is 0.585. The Morgan fingerprint density at radius 2 is 2.33 bits per heavy atom. The molecule has 0 aliphatic heterocycles. The first kappa shape index (κ1) is 9.07. The molecule has 0 atom stereocenters. The Bertz CT molecular complexity index is 286. The largest absolute Gasteiger partial charge is 0.384 e. The molecule has 0 saturated carbocycles. The molecule has 2 nitrogen and oxygen atoms in total. The average molecular weight is 184 g/mol. The quantitative estimate of drug-likeness (QED) is 0.730. The second-order valence-electron chi connectivity index (χ2n) is 2.35. The van der Waals surface area contributed by atoms with E-state index in [4.69, 9.17) is 11.6 Å². The number of aldehydes is 1. The molecule has 1 aromatic rings. The third-order valence-electron chi connectivity index (χ3n) is 1.53. The van der Waals surface area contributed by atoms with Gasteiger partial charge in [-0.1, -0.05) is 17.7 Å². The van der Waals surface area contributed by atoms with Crippen LogP contribution in [0.1, 0.15) is 17.3 Å². The van der Waals surface area contributed by atoms with Gasteiger partial charge >= 0.3 is 0 Å². The molecule has 0 heterocycles. The Labute approximate surface area is 76.5 Å². The van der Waals surface area contributed by atoms with Crippen LogP contribution in [-0.4, -0.2) is 12.8 Å². The van der Waals surface area contributed by atoms with Gasteiger partial charge in [0.1, 0.15) is 0 Å². The van der Waals surface area contributed by atoms with Gasteiger partial charge in [0.2, 0.25) is 0 Å². The van der Waals surface area contributed by atoms with Crippen molar-refractivity contribution in [1.82, 2.24) is 0 Å². The van der Waals surface area contributed by atoms with E-state index in [-0.39, 0.29) is 0 Å². The lowest BCUT2D eigenvalue weighted by molar-refractivity contribution is 0.112. The van der Waals surface area contributed by atoms with Crippen molar-refractivity contribution in [2.24, 2.45) is 0 Å². The Morgan fingerprint density at radius 3 is 2.92 bits per heavy atom. The Hall–Kier alpha value is -1.02. The van der Waals surface area contributed by atoms with Crippen LogP contribution in [-0.2, 0) is 0 Å². The number of hydrogen-bond acceptors (Lipinski definition) is 2. The van der Waals surface area contributed by atoms with Gasteiger partial charge in [-0.05, 0) is 19.1 Å². The Kier molecular flexibility index (Phi) is 3.11. The minimum Gasteiger partial charge on any atom is -0.384 e. The molecular weight excluding hydrogens is 174 g/mol. The molecule has 0 radical (unpaired) electrons. The molecule has 0 fully saturated rings. The van der Waals surface area contributed by atoms with Crippen LogP contribution in [0.3, 0.4) is 0 Å². The molecule has 1 N–H and O–H groups in total. The fourth-order valence-corrected chi connectivity index (χ4v) is 1.25. The summed E-state index contributed by atoms with van der Waals surface area (Å²) in [5.74, 6) is 0. The molecule has 0 bridgehead atoms. The molecule has 1 aromatic carbocycles. The highest BCUT2D eigenvalue weighted by atomic mass is 35.5. The van der Waals surface area contributed by atoms with Gasteiger partial charge in [0.15, 0.2) is 6.29 Å². The van der Waals surface area contributed by atoms with Gasteiger partial charge in [-0.3, -0.25) is 4.79 Å². The van der Waals surface area contributed by atoms with E-state index in [1.165, 1.54) is 0 Å². The fraction of sp³-hybridized carbons (Fsp3) is 0.222. The summed E-state index contributed by atoms with van der Waals surface area (Å²) in [6.45, 7) is 2.71. The van der Waals surface area contributed by atoms with E-state index >= 15 is 0 Å². The normalized spacial score (nSPS) is 9.50. The first-order chi connectivity index (χ1) is 5.79. The zero-order chi connectivity index (χ0) is 8.97. The summed E-state index contributed by atoms with van der Waals surface area (Å²) in [6.07, 6.45) is 0.796. The number of hydrogen-bond donors (Lipinski definition) is 1. The van der Waals surface area contributed by atoms with Gasteiger partial charge in [0.05, 0.1) is 10.7 Å². The lowest BCUT2D eigenvalue weighted by atomic mass is 10.2. The molecule has 0 spiro atoms. The van der Waals surface area contributed by atoms with Gasteiger partial charge < -0.3 is 5.32 Å². The summed E-state index contributed by atoms with van der Waals surface area (Å²) in [4.78, 5) is 10.6. The number of nitrogens with one attached hydrogen (secondary N) is 1. The first-order valence-electron chi connectivity index (χ1n) is 3.77. The second-order valence-corrected chi connectivity index (χ2v) is 2.76. The van der Waals surface area contributed by atoms with Crippen LogP contribution in [0.5, 0.6) is 0 Å². The van der Waals surface area contributed by atoms with Crippen molar-refractivity contribution in [2.45, 2.75) is 6.92 Å². The maximum Gasteiger partial charge on any atom is 0.152 e. The average Bonchev–Trinajstić information content (AvgIpc) is 2.09. The summed E-state index contributed by atoms with van der Waals surface area (Å²) in [6, 6.07) is 5.25. The summed E-state index contributed by atoms with van der Waals surface area (Å²) < 4.78 is 0. The van der Waals surface area contributed by atoms with Crippen molar-refractivity contribution in [1.29, 1.82) is 0 Å². The monoisotopic (exact) mass is 183 g/mol. The van der Waals surface area contributed by atoms with Crippen LogP contribution in [0.2, 0.25) is 5.02 Å². The third-order valence-corrected chi connectivity index (χ3v) is 1.84. The van der Waals surface area contributed by atoms with Gasteiger partial charge in [-0.25, -0.2) is 0 Å². The molecule has 0 aromatic heterocycles. The molecular formula is C9H10ClNO. The molecule has 0 aliphatic rings. The van der Waals surface area contributed by atoms with E-state index < -0.39 is 0 Å². The Balaban J connectivity index is 3.10. The molecule has 0 aliphatic carbocycles. The van der Waals surface area contributed by atoms with Gasteiger partial charge in [0, 0.05) is 12.1 Å². The van der Waals surface area contributed by atoms with E-state index in [1.54, 1.807) is 18.2 Å². The summed E-state index contributed by atoms with van der Waals surface area (Å²) in [5.41, 5.74) is 1.32. The van der Waals surface area contributed by atoms with Crippen LogP contribution in [0.4, 0.5) is 5.69 Å². The molecule has 0 amide bonds. The van der Waals surface area contributed by atoms with Gasteiger partial charge in [-0.15, -0.1) is 0 Å². The van der Waals surface area contributed by atoms with E-state index in [1.807, 2.05) is 6.92 Å². The highest BCUT2D eigenvalue weighted by Crippen LogP contribution is 2.24. The number of carbonyl (C=O) groups excluding carboxylic acids is 1. The fourth-order valence-electron chi connectivity index (χ4n) is 1.00. The highest BCUT2D eigenvalue weighted by Gasteiger charge is 2.03. The predicted molar refractivity (Wildman–Crippen MR) is 51.0 cm³/mol. The standard InChI is InChI=1S/C9H10ClNO/c1-2-11-9-7(6-12)4-3-5-8(9)10/h3-6,11H,2H2,1H3. The van der Waals surface area contributed by atoms with Crippen molar-refractivity contribution < 1.29 is 4.79 Å². The maximum absolute atomic E-state index is 10.6. The molecule has 3 heteroatoms. The maximum atomic E-state index is 10.6. The van der Waals surface area contributed by atoms with Crippen LogP contribution >= 0.6 is 11.6 Å². The topological polar surface area (TPSA) is 29.1 Å². The predicted octanol–water partition coefficient (Wildman–Crippen LogP) is 2.58. The van der Waals surface area contributed by atoms with Gasteiger partial charge in [-0.2, -0.15) is 0 Å². The van der Waals surface area contributed by atoms with Gasteiger partial charge in [0.25, 0.3) is 0 Å². The number of carbonyl (C=O) groups is 1. The van der Waals surface area contributed by atoms with Crippen molar-refractivity contribution >= 4 is 23.6 Å². The molecule has 0 saturated heterocycles. The molecule has 12 heavy (non-hydrogen) atoms. The van der Waals surface area contributed by atoms with E-state index in [0.29, 0.717) is 10.6 Å². The van der Waals surface area contributed by atoms with Crippen molar-refractivity contribution in [3.63, 3.8) is 0 Å².